The van der Waals surface area contributed by atoms with Gasteiger partial charge >= 0.3 is 0 Å². The van der Waals surface area contributed by atoms with Gasteiger partial charge in [0.15, 0.2) is 0 Å². The summed E-state index contributed by atoms with van der Waals surface area (Å²) in [5, 5.41) is 5.71. The molecule has 1 aromatic carbocycles. The zero-order valence-corrected chi connectivity index (χ0v) is 11.5. The second kappa shape index (κ2) is 7.19. The van der Waals surface area contributed by atoms with Crippen LogP contribution in [0.1, 0.15) is 32.4 Å². The van der Waals surface area contributed by atoms with Crippen molar-refractivity contribution >= 4 is 5.91 Å². The molecule has 19 heavy (non-hydrogen) atoms. The number of nitrogens with one attached hydrogen (secondary N) is 2. The number of halogens is 2. The Kier molecular flexibility index (Phi) is 5.89. The molecule has 0 radical (unpaired) electrons. The zero-order chi connectivity index (χ0) is 14.4. The number of hydrogen-bond donors (Lipinski definition) is 2. The van der Waals surface area contributed by atoms with Crippen LogP contribution < -0.4 is 10.6 Å². The Morgan fingerprint density at radius 3 is 2.26 bits per heavy atom. The number of rotatable bonds is 6. The third kappa shape index (κ3) is 4.59. The molecule has 1 atom stereocenters. The summed E-state index contributed by atoms with van der Waals surface area (Å²) in [5.41, 5.74) is 0.0256. The highest BCUT2D eigenvalue weighted by Gasteiger charge is 2.15. The highest BCUT2D eigenvalue weighted by molar-refractivity contribution is 5.77. The summed E-state index contributed by atoms with van der Waals surface area (Å²) >= 11 is 0. The Balaban J connectivity index is 2.44. The molecule has 1 rings (SSSR count). The lowest BCUT2D eigenvalue weighted by Crippen LogP contribution is -2.35. The monoisotopic (exact) mass is 270 g/mol. The average Bonchev–Trinajstić information content (AvgIpc) is 2.34. The second-order valence-corrected chi connectivity index (χ2v) is 4.76. The Morgan fingerprint density at radius 2 is 1.74 bits per heavy atom. The third-order valence-corrected chi connectivity index (χ3v) is 2.83. The molecule has 0 saturated carbocycles. The quantitative estimate of drug-likeness (QED) is 0.779. The van der Waals surface area contributed by atoms with E-state index in [0.717, 1.165) is 0 Å². The summed E-state index contributed by atoms with van der Waals surface area (Å²) in [7, 11) is 0. The lowest BCUT2D eigenvalue weighted by atomic mass is 10.1. The Labute approximate surface area is 112 Å². The third-order valence-electron chi connectivity index (χ3n) is 2.83. The van der Waals surface area contributed by atoms with Gasteiger partial charge in [0, 0.05) is 30.6 Å². The van der Waals surface area contributed by atoms with Gasteiger partial charge in [-0.25, -0.2) is 8.78 Å². The van der Waals surface area contributed by atoms with Crippen LogP contribution in [-0.2, 0) is 4.79 Å². The minimum atomic E-state index is -0.564. The maximum absolute atomic E-state index is 13.5. The molecule has 0 aliphatic heterocycles. The van der Waals surface area contributed by atoms with Crippen LogP contribution in [0, 0.1) is 17.6 Å². The molecule has 1 aromatic rings. The van der Waals surface area contributed by atoms with Crippen molar-refractivity contribution in [3.05, 3.63) is 35.4 Å². The predicted molar refractivity (Wildman–Crippen MR) is 70.6 cm³/mol. The maximum atomic E-state index is 13.5. The minimum Gasteiger partial charge on any atom is -0.355 e. The molecule has 0 aromatic heterocycles. The SMILES string of the molecule is CC(C)C(=O)NCCNC(C)c1c(F)cccc1F. The number of hydrogen-bond acceptors (Lipinski definition) is 2. The summed E-state index contributed by atoms with van der Waals surface area (Å²) in [6.07, 6.45) is 0. The number of benzene rings is 1. The Hall–Kier alpha value is -1.49. The van der Waals surface area contributed by atoms with Gasteiger partial charge in [-0.05, 0) is 19.1 Å². The summed E-state index contributed by atoms with van der Waals surface area (Å²) in [6.45, 7) is 6.18. The van der Waals surface area contributed by atoms with Gasteiger partial charge in [-0.1, -0.05) is 19.9 Å². The van der Waals surface area contributed by atoms with Crippen molar-refractivity contribution in [1.82, 2.24) is 10.6 Å². The average molecular weight is 270 g/mol. The van der Waals surface area contributed by atoms with Gasteiger partial charge in [-0.15, -0.1) is 0 Å². The molecule has 3 nitrogen and oxygen atoms in total. The fourth-order valence-electron chi connectivity index (χ4n) is 1.70. The molecule has 0 spiro atoms. The van der Waals surface area contributed by atoms with Gasteiger partial charge in [0.1, 0.15) is 11.6 Å². The first-order valence-corrected chi connectivity index (χ1v) is 6.38. The molecule has 1 amide bonds. The first kappa shape index (κ1) is 15.6. The van der Waals surface area contributed by atoms with Gasteiger partial charge in [-0.2, -0.15) is 0 Å². The molecule has 0 aliphatic rings. The molecule has 2 N–H and O–H groups in total. The molecule has 0 heterocycles. The lowest BCUT2D eigenvalue weighted by Gasteiger charge is -2.16. The van der Waals surface area contributed by atoms with Crippen LogP contribution in [0.3, 0.4) is 0 Å². The fourth-order valence-corrected chi connectivity index (χ4v) is 1.70. The number of amides is 1. The van der Waals surface area contributed by atoms with Crippen molar-refractivity contribution in [3.63, 3.8) is 0 Å². The molecule has 5 heteroatoms. The van der Waals surface area contributed by atoms with Crippen molar-refractivity contribution in [2.75, 3.05) is 13.1 Å². The van der Waals surface area contributed by atoms with Gasteiger partial charge in [0.05, 0.1) is 0 Å². The number of carbonyl (C=O) groups is 1. The van der Waals surface area contributed by atoms with E-state index in [4.69, 9.17) is 0 Å². The smallest absolute Gasteiger partial charge is 0.222 e. The summed E-state index contributed by atoms with van der Waals surface area (Å²) < 4.78 is 27.0. The molecule has 0 saturated heterocycles. The fraction of sp³-hybridized carbons (Fsp3) is 0.500. The summed E-state index contributed by atoms with van der Waals surface area (Å²) in [5.74, 6) is -1.23. The van der Waals surface area contributed by atoms with E-state index in [2.05, 4.69) is 10.6 Å². The van der Waals surface area contributed by atoms with E-state index in [9.17, 15) is 13.6 Å². The molecule has 0 aliphatic carbocycles. The molecule has 1 unspecified atom stereocenters. The van der Waals surface area contributed by atoms with Crippen LogP contribution in [0.25, 0.3) is 0 Å². The van der Waals surface area contributed by atoms with Gasteiger partial charge in [0.25, 0.3) is 0 Å². The normalized spacial score (nSPS) is 12.5. The molecule has 0 bridgehead atoms. The van der Waals surface area contributed by atoms with Crippen molar-refractivity contribution in [3.8, 4) is 0 Å². The number of carbonyl (C=O) groups excluding carboxylic acids is 1. The van der Waals surface area contributed by atoms with Gasteiger partial charge in [0.2, 0.25) is 5.91 Å². The van der Waals surface area contributed by atoms with Crippen molar-refractivity contribution in [1.29, 1.82) is 0 Å². The van der Waals surface area contributed by atoms with E-state index in [1.807, 2.05) is 0 Å². The largest absolute Gasteiger partial charge is 0.355 e. The maximum Gasteiger partial charge on any atom is 0.222 e. The van der Waals surface area contributed by atoms with Crippen LogP contribution in [-0.4, -0.2) is 19.0 Å². The standard InChI is InChI=1S/C14H20F2N2O/c1-9(2)14(19)18-8-7-17-10(3)13-11(15)5-4-6-12(13)16/h4-6,9-10,17H,7-8H2,1-3H3,(H,18,19). The topological polar surface area (TPSA) is 41.1 Å². The molecule has 0 fully saturated rings. The van der Waals surface area contributed by atoms with E-state index >= 15 is 0 Å². The lowest BCUT2D eigenvalue weighted by molar-refractivity contribution is -0.123. The highest BCUT2D eigenvalue weighted by atomic mass is 19.1. The van der Waals surface area contributed by atoms with E-state index in [-0.39, 0.29) is 17.4 Å². The Bertz CT molecular complexity index is 415. The van der Waals surface area contributed by atoms with E-state index < -0.39 is 17.7 Å². The molecule has 106 valence electrons. The predicted octanol–water partition coefficient (Wildman–Crippen LogP) is 2.39. The van der Waals surface area contributed by atoms with Crippen molar-refractivity contribution < 1.29 is 13.6 Å². The minimum absolute atomic E-state index is 0.0256. The van der Waals surface area contributed by atoms with E-state index in [1.165, 1.54) is 18.2 Å². The second-order valence-electron chi connectivity index (χ2n) is 4.76. The molecular formula is C14H20F2N2O. The first-order chi connectivity index (χ1) is 8.93. The van der Waals surface area contributed by atoms with Gasteiger partial charge < -0.3 is 10.6 Å². The first-order valence-electron chi connectivity index (χ1n) is 6.38. The van der Waals surface area contributed by atoms with E-state index in [1.54, 1.807) is 20.8 Å². The van der Waals surface area contributed by atoms with Crippen LogP contribution in [0.2, 0.25) is 0 Å². The highest BCUT2D eigenvalue weighted by Crippen LogP contribution is 2.19. The Morgan fingerprint density at radius 1 is 1.16 bits per heavy atom. The zero-order valence-electron chi connectivity index (χ0n) is 11.5. The van der Waals surface area contributed by atoms with Gasteiger partial charge in [-0.3, -0.25) is 4.79 Å². The van der Waals surface area contributed by atoms with Crippen LogP contribution in [0.15, 0.2) is 18.2 Å². The van der Waals surface area contributed by atoms with Crippen LogP contribution >= 0.6 is 0 Å². The summed E-state index contributed by atoms with van der Waals surface area (Å²) in [6, 6.07) is 3.36. The van der Waals surface area contributed by atoms with Crippen molar-refractivity contribution in [2.45, 2.75) is 26.8 Å². The van der Waals surface area contributed by atoms with E-state index in [0.29, 0.717) is 13.1 Å². The molecular weight excluding hydrogens is 250 g/mol. The summed E-state index contributed by atoms with van der Waals surface area (Å²) in [4.78, 5) is 11.3. The van der Waals surface area contributed by atoms with Crippen molar-refractivity contribution in [2.24, 2.45) is 5.92 Å². The van der Waals surface area contributed by atoms with Crippen LogP contribution in [0.5, 0.6) is 0 Å². The van der Waals surface area contributed by atoms with Crippen LogP contribution in [0.4, 0.5) is 8.78 Å².